The second-order valence-corrected chi connectivity index (χ2v) is 23.3. The molecule has 2 aliphatic heterocycles. The zero-order valence-electron chi connectivity index (χ0n) is 50.6. The Balaban J connectivity index is 1.42. The average Bonchev–Trinajstić information content (AvgIpc) is 3.58. The van der Waals surface area contributed by atoms with Crippen molar-refractivity contribution in [2.75, 3.05) is 37.7 Å². The lowest BCUT2D eigenvalue weighted by molar-refractivity contribution is -0.143. The number of thiol groups is 2. The van der Waals surface area contributed by atoms with Crippen molar-refractivity contribution in [3.05, 3.63) is 59.7 Å². The molecule has 2 aliphatic rings. The number of phenolic OH excluding ortho intramolecular Hbond substituents is 2. The Hall–Kier alpha value is -7.74. The molecule has 0 saturated carbocycles. The third-order valence-electron chi connectivity index (χ3n) is 15.0. The molecule has 2 aromatic rings. The monoisotopic (exact) mass is 1290 g/mol. The zero-order valence-corrected chi connectivity index (χ0v) is 52.4. The van der Waals surface area contributed by atoms with E-state index in [1.165, 1.54) is 74.2 Å². The standard InChI is InChI=1S/C58H87N13O16S2/c1-30(2)24-40(66-50(78)39(10-6-7-21-59)64-55(83)46-12-8-22-70(46)56(84)38(60)28-88)52(80)67-41(25-34-13-17-36(73)18-14-34)51(79)62-33(5)49(77)68-43(27-72)57(85)71-23-9-11-45(71)54(82)63-31(3)47(75)61-32(4)48(76)65-42(26-35-15-19-37(74)20-16-35)53(81)69-44(29-89)58(86)87/h13-20,30-33,38-46,72-74,88-89H,6-12,21-29,59-60H2,1-5H3,(H,61,75)(H,62,79)(H,63,82)(H,64,83)(H,65,76)(H,66,78)(H,67,80)(H,68,77)(H,69,81)(H,86,87)/t31-,32-,33-,38-,39-,40-,41-,42-,43-,44-,45-,46-/m0/s1. The van der Waals surface area contributed by atoms with Gasteiger partial charge in [0.15, 0.2) is 0 Å². The molecule has 2 fully saturated rings. The van der Waals surface area contributed by atoms with Gasteiger partial charge in [-0.25, -0.2) is 4.79 Å². The highest BCUT2D eigenvalue weighted by Crippen LogP contribution is 2.22. The van der Waals surface area contributed by atoms with E-state index in [1.807, 2.05) is 0 Å². The maximum Gasteiger partial charge on any atom is 0.327 e. The molecule has 11 amide bonds. The first-order valence-electron chi connectivity index (χ1n) is 29.5. The largest absolute Gasteiger partial charge is 0.508 e. The van der Waals surface area contributed by atoms with Gasteiger partial charge in [-0.3, -0.25) is 52.7 Å². The lowest BCUT2D eigenvalue weighted by Crippen LogP contribution is -2.60. The van der Waals surface area contributed by atoms with Gasteiger partial charge in [0.1, 0.15) is 78.0 Å². The summed E-state index contributed by atoms with van der Waals surface area (Å²) in [6, 6.07) is -3.92. The first kappa shape index (κ1) is 73.7. The van der Waals surface area contributed by atoms with Crippen molar-refractivity contribution in [3.8, 4) is 11.5 Å². The van der Waals surface area contributed by atoms with Gasteiger partial charge in [0.25, 0.3) is 0 Å². The van der Waals surface area contributed by atoms with Gasteiger partial charge in [0, 0.05) is 37.4 Å². The highest BCUT2D eigenvalue weighted by atomic mass is 32.1. The summed E-state index contributed by atoms with van der Waals surface area (Å²) in [5.41, 5.74) is 12.6. The molecule has 89 heavy (non-hydrogen) atoms. The van der Waals surface area contributed by atoms with Gasteiger partial charge in [0.2, 0.25) is 65.0 Å². The number of benzene rings is 2. The molecule has 12 atom stereocenters. The molecule has 492 valence electrons. The molecule has 2 aromatic carbocycles. The number of hydrogen-bond donors (Lipinski definition) is 17. The minimum atomic E-state index is -1.64. The lowest BCUT2D eigenvalue weighted by atomic mass is 10.00. The number of carboxylic acid groups (broad SMARTS) is 1. The van der Waals surface area contributed by atoms with Gasteiger partial charge in [-0.15, -0.1) is 0 Å². The van der Waals surface area contributed by atoms with Gasteiger partial charge in [-0.05, 0) is 120 Å². The highest BCUT2D eigenvalue weighted by Gasteiger charge is 2.41. The summed E-state index contributed by atoms with van der Waals surface area (Å²) in [6.45, 7) is 7.12. The van der Waals surface area contributed by atoms with Crippen LogP contribution in [0.15, 0.2) is 48.5 Å². The van der Waals surface area contributed by atoms with Gasteiger partial charge < -0.3 is 89.5 Å². The van der Waals surface area contributed by atoms with Crippen LogP contribution >= 0.6 is 25.3 Å². The highest BCUT2D eigenvalue weighted by molar-refractivity contribution is 7.80. The smallest absolute Gasteiger partial charge is 0.327 e. The van der Waals surface area contributed by atoms with E-state index in [0.717, 1.165) is 4.90 Å². The molecule has 0 unspecified atom stereocenters. The number of nitrogens with one attached hydrogen (secondary N) is 9. The van der Waals surface area contributed by atoms with Crippen LogP contribution in [0, 0.1) is 5.92 Å². The maximum atomic E-state index is 14.3. The molecule has 0 aliphatic carbocycles. The number of carbonyl (C=O) groups excluding carboxylic acids is 11. The first-order valence-corrected chi connectivity index (χ1v) is 30.8. The molecule has 0 bridgehead atoms. The molecule has 4 rings (SSSR count). The van der Waals surface area contributed by atoms with E-state index < -0.39 is 150 Å². The van der Waals surface area contributed by atoms with E-state index in [-0.39, 0.29) is 74.1 Å². The molecule has 31 heteroatoms. The van der Waals surface area contributed by atoms with Crippen LogP contribution in [0.5, 0.6) is 11.5 Å². The average molecular weight is 1290 g/mol. The Morgan fingerprint density at radius 2 is 0.921 bits per heavy atom. The fraction of sp³-hybridized carbons (Fsp3) is 0.586. The maximum absolute atomic E-state index is 14.3. The molecule has 0 radical (unpaired) electrons. The Kier molecular flexibility index (Phi) is 29.9. The summed E-state index contributed by atoms with van der Waals surface area (Å²) in [4.78, 5) is 165. The van der Waals surface area contributed by atoms with Gasteiger partial charge in [-0.2, -0.15) is 25.3 Å². The number of aromatic hydroxyl groups is 2. The van der Waals surface area contributed by atoms with Crippen LogP contribution in [0.3, 0.4) is 0 Å². The number of amides is 11. The Labute approximate surface area is 527 Å². The number of aliphatic hydroxyl groups excluding tert-OH is 1. The molecule has 0 aromatic heterocycles. The Morgan fingerprint density at radius 1 is 0.517 bits per heavy atom. The van der Waals surface area contributed by atoms with Crippen molar-refractivity contribution in [1.82, 2.24) is 57.7 Å². The number of aliphatic hydroxyl groups is 1. The first-order chi connectivity index (χ1) is 42.1. The van der Waals surface area contributed by atoms with Crippen molar-refractivity contribution in [1.29, 1.82) is 0 Å². The van der Waals surface area contributed by atoms with Gasteiger partial charge >= 0.3 is 5.97 Å². The van der Waals surface area contributed by atoms with Crippen LogP contribution in [0.25, 0.3) is 0 Å². The summed E-state index contributed by atoms with van der Waals surface area (Å²) >= 11 is 8.08. The quantitative estimate of drug-likeness (QED) is 0.0241. The van der Waals surface area contributed by atoms with Crippen molar-refractivity contribution in [2.24, 2.45) is 17.4 Å². The number of carbonyl (C=O) groups is 12. The van der Waals surface area contributed by atoms with Crippen LogP contribution in [0.1, 0.15) is 97.1 Å². The number of aliphatic carboxylic acids is 1. The predicted molar refractivity (Wildman–Crippen MR) is 330 cm³/mol. The Morgan fingerprint density at radius 3 is 1.39 bits per heavy atom. The fourth-order valence-corrected chi connectivity index (χ4v) is 10.3. The molecule has 2 heterocycles. The van der Waals surface area contributed by atoms with E-state index in [0.29, 0.717) is 49.8 Å². The van der Waals surface area contributed by atoms with Crippen LogP contribution in [-0.2, 0) is 70.4 Å². The summed E-state index contributed by atoms with van der Waals surface area (Å²) in [5, 5.41) is 62.5. The van der Waals surface area contributed by atoms with Crippen LogP contribution < -0.4 is 59.3 Å². The molecule has 17 N–H and O–H groups in total. The topological polar surface area (TPSA) is 453 Å². The lowest BCUT2D eigenvalue weighted by Gasteiger charge is -2.30. The van der Waals surface area contributed by atoms with Crippen molar-refractivity contribution < 1.29 is 78.0 Å². The minimum absolute atomic E-state index is 0.00185. The molecule has 2 saturated heterocycles. The molecule has 29 nitrogen and oxygen atoms in total. The van der Waals surface area contributed by atoms with Crippen LogP contribution in [0.4, 0.5) is 0 Å². The number of likely N-dealkylation sites (tertiary alicyclic amines) is 2. The number of nitrogens with two attached hydrogens (primary N) is 2. The van der Waals surface area contributed by atoms with Crippen molar-refractivity contribution >= 4 is 96.2 Å². The molecular weight excluding hydrogens is 1200 g/mol. The van der Waals surface area contributed by atoms with E-state index in [9.17, 15) is 78.0 Å². The van der Waals surface area contributed by atoms with Crippen LogP contribution in [-0.4, -0.2) is 211 Å². The third-order valence-corrected chi connectivity index (χ3v) is 15.7. The van der Waals surface area contributed by atoms with E-state index >= 15 is 0 Å². The normalized spacial score (nSPS) is 18.0. The second kappa shape index (κ2) is 36.1. The number of rotatable bonds is 34. The number of nitrogens with zero attached hydrogens (tertiary/aromatic N) is 2. The van der Waals surface area contributed by atoms with Gasteiger partial charge in [-0.1, -0.05) is 38.1 Å². The van der Waals surface area contributed by atoms with E-state index in [1.54, 1.807) is 13.8 Å². The molecular formula is C58H87N13O16S2. The predicted octanol–water partition coefficient (Wildman–Crippen LogP) is -3.27. The SMILES string of the molecule is CC(C)C[C@H](NC(=O)[C@H](CCCCN)NC(=O)[C@@H]1CCCN1C(=O)[C@@H](N)CS)C(=O)N[C@@H](Cc1ccc(O)cc1)C(=O)N[C@@H](C)C(=O)N[C@@H](CO)C(=O)N1CCC[C@H]1C(=O)N[C@@H](C)C(=O)N[C@@H](C)C(=O)N[C@@H](Cc1ccc(O)cc1)C(=O)N[C@@H](CS)C(=O)O. The molecule has 0 spiro atoms. The zero-order chi connectivity index (χ0) is 66.2. The van der Waals surface area contributed by atoms with E-state index in [2.05, 4.69) is 73.1 Å². The van der Waals surface area contributed by atoms with Crippen molar-refractivity contribution in [3.63, 3.8) is 0 Å². The summed E-state index contributed by atoms with van der Waals surface area (Å²) in [5.74, 6) is -10.6. The second-order valence-electron chi connectivity index (χ2n) is 22.6. The van der Waals surface area contributed by atoms with Crippen LogP contribution in [0.2, 0.25) is 0 Å². The summed E-state index contributed by atoms with van der Waals surface area (Å²) < 4.78 is 0. The number of phenols is 2. The summed E-state index contributed by atoms with van der Waals surface area (Å²) in [6.07, 6.45) is 2.06. The third kappa shape index (κ3) is 22.7. The van der Waals surface area contributed by atoms with Crippen molar-refractivity contribution in [2.45, 2.75) is 171 Å². The number of carboxylic acids is 1. The Bertz CT molecular complexity index is 2800. The minimum Gasteiger partial charge on any atom is -0.508 e. The number of unbranched alkanes of at least 4 members (excludes halogenated alkanes) is 1. The fourth-order valence-electron chi connectivity index (χ4n) is 9.92. The number of hydrogen-bond acceptors (Lipinski definition) is 19. The van der Waals surface area contributed by atoms with Gasteiger partial charge in [0.05, 0.1) is 12.6 Å². The van der Waals surface area contributed by atoms with E-state index in [4.69, 9.17) is 11.5 Å². The summed E-state index contributed by atoms with van der Waals surface area (Å²) in [7, 11) is 0.